The zero-order valence-corrected chi connectivity index (χ0v) is 16.9. The number of nitriles is 1. The fraction of sp³-hybridized carbons (Fsp3) is 0.409. The Labute approximate surface area is 177 Å². The van der Waals surface area contributed by atoms with Crippen molar-refractivity contribution >= 4 is 11.0 Å². The van der Waals surface area contributed by atoms with Gasteiger partial charge in [-0.1, -0.05) is 0 Å². The minimum Gasteiger partial charge on any atom is -0.487 e. The molecule has 0 saturated heterocycles. The lowest BCUT2D eigenvalue weighted by Crippen LogP contribution is -2.35. The van der Waals surface area contributed by atoms with Gasteiger partial charge in [0.1, 0.15) is 36.0 Å². The van der Waals surface area contributed by atoms with Gasteiger partial charge in [-0.15, -0.1) is 0 Å². The molecule has 1 aliphatic heterocycles. The fourth-order valence-electron chi connectivity index (χ4n) is 4.69. The van der Waals surface area contributed by atoms with Crippen LogP contribution in [0.1, 0.15) is 34.8 Å². The number of rotatable bonds is 3. The van der Waals surface area contributed by atoms with Crippen LogP contribution in [0.2, 0.25) is 0 Å². The van der Waals surface area contributed by atoms with Crippen molar-refractivity contribution in [2.24, 2.45) is 0 Å². The van der Waals surface area contributed by atoms with Crippen molar-refractivity contribution in [1.82, 2.24) is 19.9 Å². The fourth-order valence-corrected chi connectivity index (χ4v) is 4.69. The third-order valence-corrected chi connectivity index (χ3v) is 6.29. The number of benzene rings is 1. The number of hydrogen-bond donors (Lipinski definition) is 3. The van der Waals surface area contributed by atoms with Crippen LogP contribution in [0.5, 0.6) is 5.75 Å². The van der Waals surface area contributed by atoms with Crippen molar-refractivity contribution in [3.63, 3.8) is 0 Å². The van der Waals surface area contributed by atoms with Gasteiger partial charge in [0.2, 0.25) is 0 Å². The molecule has 0 spiro atoms. The molecule has 1 aliphatic carbocycles. The van der Waals surface area contributed by atoms with E-state index >= 15 is 0 Å². The predicted octanol–water partition coefficient (Wildman–Crippen LogP) is 1.51. The number of halogens is 1. The summed E-state index contributed by atoms with van der Waals surface area (Å²) in [6, 6.07) is 5.07. The van der Waals surface area contributed by atoms with Gasteiger partial charge >= 0.3 is 0 Å². The summed E-state index contributed by atoms with van der Waals surface area (Å²) in [5, 5.41) is 34.4. The molecule has 1 saturated carbocycles. The van der Waals surface area contributed by atoms with Crippen LogP contribution in [0.4, 0.5) is 4.39 Å². The number of ether oxygens (including phenoxy) is 1. The number of aryl methyl sites for hydroxylation is 1. The average molecular weight is 423 g/mol. The van der Waals surface area contributed by atoms with Crippen LogP contribution in [0.3, 0.4) is 0 Å². The van der Waals surface area contributed by atoms with Crippen LogP contribution in [0.15, 0.2) is 24.7 Å². The lowest BCUT2D eigenvalue weighted by molar-refractivity contribution is -0.0166. The van der Waals surface area contributed by atoms with Crippen LogP contribution >= 0.6 is 0 Å². The smallest absolute Gasteiger partial charge is 0.152 e. The van der Waals surface area contributed by atoms with Crippen molar-refractivity contribution in [3.05, 3.63) is 52.9 Å². The number of fused-ring (bicyclic) bond motifs is 2. The summed E-state index contributed by atoms with van der Waals surface area (Å²) in [6.45, 7) is 3.12. The minimum absolute atomic E-state index is 0.258. The van der Waals surface area contributed by atoms with E-state index in [9.17, 15) is 19.9 Å². The third-order valence-electron chi connectivity index (χ3n) is 6.29. The van der Waals surface area contributed by atoms with Crippen molar-refractivity contribution in [2.45, 2.75) is 50.7 Å². The van der Waals surface area contributed by atoms with Gasteiger partial charge in [0.25, 0.3) is 0 Å². The first-order chi connectivity index (χ1) is 15.0. The van der Waals surface area contributed by atoms with Crippen molar-refractivity contribution < 1.29 is 19.3 Å². The Hall–Kier alpha value is -3.06. The number of aromatic nitrogens is 3. The molecule has 1 fully saturated rings. The molecule has 3 heterocycles. The van der Waals surface area contributed by atoms with Crippen LogP contribution in [-0.2, 0) is 13.0 Å². The predicted molar refractivity (Wildman–Crippen MR) is 109 cm³/mol. The van der Waals surface area contributed by atoms with E-state index in [-0.39, 0.29) is 6.42 Å². The monoisotopic (exact) mass is 423 g/mol. The Morgan fingerprint density at radius 3 is 2.94 bits per heavy atom. The zero-order chi connectivity index (χ0) is 21.7. The van der Waals surface area contributed by atoms with Gasteiger partial charge < -0.3 is 24.8 Å². The zero-order valence-electron chi connectivity index (χ0n) is 16.9. The van der Waals surface area contributed by atoms with Crippen LogP contribution < -0.4 is 10.1 Å². The van der Waals surface area contributed by atoms with E-state index in [1.54, 1.807) is 17.6 Å². The Kier molecular flexibility index (Phi) is 4.85. The molecule has 8 nitrogen and oxygen atoms in total. The second-order valence-corrected chi connectivity index (χ2v) is 8.13. The molecular weight excluding hydrogens is 401 g/mol. The molecule has 1 aromatic carbocycles. The summed E-state index contributed by atoms with van der Waals surface area (Å²) in [6.07, 6.45) is 0.628. The maximum atomic E-state index is 14.5. The molecule has 1 unspecified atom stereocenters. The lowest BCUT2D eigenvalue weighted by atomic mass is 9.97. The van der Waals surface area contributed by atoms with E-state index in [0.29, 0.717) is 34.6 Å². The molecule has 3 N–H and O–H groups in total. The molecular formula is C22H22FN5O3. The molecule has 2 aromatic heterocycles. The van der Waals surface area contributed by atoms with Crippen LogP contribution in [0.25, 0.3) is 11.0 Å². The summed E-state index contributed by atoms with van der Waals surface area (Å²) >= 11 is 0. The highest BCUT2D eigenvalue weighted by Gasteiger charge is 2.45. The van der Waals surface area contributed by atoms with Gasteiger partial charge in [0, 0.05) is 24.7 Å². The third kappa shape index (κ3) is 3.24. The summed E-state index contributed by atoms with van der Waals surface area (Å²) in [5.41, 5.74) is 3.37. The summed E-state index contributed by atoms with van der Waals surface area (Å²) in [4.78, 5) is 8.23. The standard InChI is InChI=1S/C22H22FN5O3/c1-11-19-15(23)9-28(22(19)27-10-26-11)16-6-18(21(30)20(16)29)31-17-5-12(7-24)4-13-2-3-25-8-14(13)17/h4-5,9-10,16,18,20-21,25,29-30H,2-3,6,8H2,1H3/t16?,18-,20-,21+/m0/s1. The molecule has 4 atom stereocenters. The van der Waals surface area contributed by atoms with E-state index in [2.05, 4.69) is 21.4 Å². The van der Waals surface area contributed by atoms with Gasteiger partial charge in [-0.3, -0.25) is 0 Å². The normalized spacial score (nSPS) is 25.4. The molecule has 0 bridgehead atoms. The van der Waals surface area contributed by atoms with E-state index in [4.69, 9.17) is 4.74 Å². The Balaban J connectivity index is 1.48. The highest BCUT2D eigenvalue weighted by atomic mass is 19.1. The van der Waals surface area contributed by atoms with Gasteiger partial charge in [0.05, 0.1) is 28.8 Å². The Bertz CT molecular complexity index is 1200. The minimum atomic E-state index is -1.17. The first-order valence-corrected chi connectivity index (χ1v) is 10.2. The number of aliphatic hydroxyl groups is 2. The largest absolute Gasteiger partial charge is 0.487 e. The second kappa shape index (κ2) is 7.57. The average Bonchev–Trinajstić information content (AvgIpc) is 3.25. The molecule has 31 heavy (non-hydrogen) atoms. The highest BCUT2D eigenvalue weighted by molar-refractivity contribution is 5.79. The summed E-state index contributed by atoms with van der Waals surface area (Å²) < 4.78 is 22.3. The second-order valence-electron chi connectivity index (χ2n) is 8.13. The highest BCUT2D eigenvalue weighted by Crippen LogP contribution is 2.38. The van der Waals surface area contributed by atoms with Gasteiger partial charge in [0.15, 0.2) is 5.82 Å². The van der Waals surface area contributed by atoms with Gasteiger partial charge in [-0.25, -0.2) is 14.4 Å². The maximum absolute atomic E-state index is 14.5. The summed E-state index contributed by atoms with van der Waals surface area (Å²) in [5.74, 6) is 0.0564. The lowest BCUT2D eigenvalue weighted by Gasteiger charge is -2.24. The van der Waals surface area contributed by atoms with Gasteiger partial charge in [-0.05, 0) is 37.6 Å². The van der Waals surface area contributed by atoms with Gasteiger partial charge in [-0.2, -0.15) is 5.26 Å². The Morgan fingerprint density at radius 2 is 2.13 bits per heavy atom. The molecule has 0 amide bonds. The SMILES string of the molecule is Cc1ncnc2c1c(F)cn2C1C[C@H](Oc2cc(C#N)cc3c2CNCC3)[C@@H](O)[C@H]1O. The number of nitrogens with one attached hydrogen (secondary N) is 1. The quantitative estimate of drug-likeness (QED) is 0.585. The van der Waals surface area contributed by atoms with E-state index in [0.717, 1.165) is 24.1 Å². The number of nitrogens with zero attached hydrogens (tertiary/aromatic N) is 4. The van der Waals surface area contributed by atoms with Crippen LogP contribution in [-0.4, -0.2) is 49.6 Å². The molecule has 5 rings (SSSR count). The first-order valence-electron chi connectivity index (χ1n) is 10.2. The van der Waals surface area contributed by atoms with Crippen molar-refractivity contribution in [3.8, 4) is 11.8 Å². The topological polar surface area (TPSA) is 116 Å². The van der Waals surface area contributed by atoms with Crippen molar-refractivity contribution in [2.75, 3.05) is 6.54 Å². The molecule has 2 aliphatic rings. The van der Waals surface area contributed by atoms with E-state index in [1.165, 1.54) is 12.5 Å². The number of hydrogen-bond acceptors (Lipinski definition) is 7. The van der Waals surface area contributed by atoms with E-state index in [1.807, 2.05) is 6.07 Å². The summed E-state index contributed by atoms with van der Waals surface area (Å²) in [7, 11) is 0. The molecule has 9 heteroatoms. The van der Waals surface area contributed by atoms with E-state index < -0.39 is 30.2 Å². The molecule has 160 valence electrons. The molecule has 0 radical (unpaired) electrons. The number of aliphatic hydroxyl groups excluding tert-OH is 2. The maximum Gasteiger partial charge on any atom is 0.152 e. The molecule has 3 aromatic rings. The van der Waals surface area contributed by atoms with Crippen LogP contribution in [0, 0.1) is 24.1 Å². The Morgan fingerprint density at radius 1 is 1.29 bits per heavy atom. The van der Waals surface area contributed by atoms with Crippen molar-refractivity contribution in [1.29, 1.82) is 5.26 Å². The first kappa shape index (κ1) is 19.9.